The quantitative estimate of drug-likeness (QED) is 0.210. The van der Waals surface area contributed by atoms with Gasteiger partial charge in [0.25, 0.3) is 0 Å². The molecular weight excluding hydrogens is 560 g/mol. The van der Waals surface area contributed by atoms with Crippen LogP contribution in [0.2, 0.25) is 0 Å². The molecule has 13 nitrogen and oxygen atoms in total. The van der Waals surface area contributed by atoms with E-state index in [4.69, 9.17) is 20.9 Å². The van der Waals surface area contributed by atoms with Gasteiger partial charge in [0.1, 0.15) is 35.8 Å². The Bertz CT molecular complexity index is 1420. The summed E-state index contributed by atoms with van der Waals surface area (Å²) >= 11 is 0. The molecule has 4 aromatic rings. The van der Waals surface area contributed by atoms with Crippen LogP contribution in [0, 0.1) is 0 Å². The molecule has 0 saturated carbocycles. The topological polar surface area (TPSA) is 170 Å². The molecule has 0 spiro atoms. The van der Waals surface area contributed by atoms with Gasteiger partial charge in [-0.15, -0.1) is 0 Å². The number of nitrogens with one attached hydrogen (secondary N) is 2. The second-order valence-corrected chi connectivity index (χ2v) is 9.79. The van der Waals surface area contributed by atoms with Crippen molar-refractivity contribution in [3.63, 3.8) is 0 Å². The van der Waals surface area contributed by atoms with Crippen LogP contribution < -0.4 is 31.6 Å². The number of nitrogens with two attached hydrogens (primary N) is 2. The minimum absolute atomic E-state index is 0.295. The summed E-state index contributed by atoms with van der Waals surface area (Å²) in [6, 6.07) is 18.3. The molecule has 0 saturated heterocycles. The molecule has 0 atom stereocenters. The summed E-state index contributed by atoms with van der Waals surface area (Å²) in [5.74, 6) is 2.37. The Morgan fingerprint density at radius 2 is 1.30 bits per heavy atom. The SMILES string of the molecule is CN(C)CCN.COc1ccccc1-c1cc(N)ncn1.COc1ccccc1-c1cc(NC(=O)NCCN(C)C)ncn1. The number of aromatic nitrogens is 4. The largest absolute Gasteiger partial charge is 0.496 e. The van der Waals surface area contributed by atoms with Crippen molar-refractivity contribution < 1.29 is 14.3 Å². The lowest BCUT2D eigenvalue weighted by Crippen LogP contribution is -2.34. The van der Waals surface area contributed by atoms with Gasteiger partial charge in [-0.25, -0.2) is 24.7 Å². The number of nitrogens with zero attached hydrogens (tertiary/aromatic N) is 6. The Kier molecular flexibility index (Phi) is 15.6. The van der Waals surface area contributed by atoms with E-state index >= 15 is 0 Å². The highest BCUT2D eigenvalue weighted by atomic mass is 16.5. The Hall–Kier alpha value is -4.85. The van der Waals surface area contributed by atoms with Gasteiger partial charge in [0.2, 0.25) is 0 Å². The minimum atomic E-state index is -0.295. The summed E-state index contributed by atoms with van der Waals surface area (Å²) in [7, 11) is 11.1. The third kappa shape index (κ3) is 12.6. The van der Waals surface area contributed by atoms with Crippen LogP contribution in [-0.2, 0) is 0 Å². The van der Waals surface area contributed by atoms with E-state index < -0.39 is 0 Å². The molecule has 0 bridgehead atoms. The number of nitrogen functional groups attached to an aromatic ring is 1. The number of likely N-dealkylation sites (N-methyl/N-ethyl adjacent to an activating group) is 2. The van der Waals surface area contributed by atoms with Crippen LogP contribution in [-0.4, -0.2) is 104 Å². The lowest BCUT2D eigenvalue weighted by Gasteiger charge is -2.11. The molecule has 0 radical (unpaired) electrons. The van der Waals surface area contributed by atoms with Crippen LogP contribution in [0.4, 0.5) is 16.4 Å². The van der Waals surface area contributed by atoms with Crippen LogP contribution in [0.5, 0.6) is 11.5 Å². The maximum absolute atomic E-state index is 11.8. The number of anilines is 2. The zero-order valence-corrected chi connectivity index (χ0v) is 26.3. The number of para-hydroxylation sites is 2. The van der Waals surface area contributed by atoms with Crippen molar-refractivity contribution in [3.8, 4) is 34.0 Å². The summed E-state index contributed by atoms with van der Waals surface area (Å²) in [4.78, 5) is 32.2. The third-order valence-electron chi connectivity index (χ3n) is 5.78. The number of urea groups is 1. The number of carbonyl (C=O) groups excluding carboxylic acids is 1. The van der Waals surface area contributed by atoms with Gasteiger partial charge in [0.15, 0.2) is 0 Å². The summed E-state index contributed by atoms with van der Waals surface area (Å²) < 4.78 is 10.6. The summed E-state index contributed by atoms with van der Waals surface area (Å²) in [5, 5.41) is 5.47. The molecule has 0 aliphatic heterocycles. The molecule has 0 unspecified atom stereocenters. The van der Waals surface area contributed by atoms with E-state index in [1.54, 1.807) is 26.4 Å². The fraction of sp³-hybridized carbons (Fsp3) is 0.323. The van der Waals surface area contributed by atoms with Gasteiger partial charge < -0.3 is 36.1 Å². The Balaban J connectivity index is 0.000000274. The molecular formula is C31H44N10O3. The number of rotatable bonds is 10. The van der Waals surface area contributed by atoms with E-state index in [2.05, 4.69) is 35.5 Å². The molecule has 4 rings (SSSR count). The van der Waals surface area contributed by atoms with E-state index in [1.165, 1.54) is 12.7 Å². The molecule has 44 heavy (non-hydrogen) atoms. The monoisotopic (exact) mass is 604 g/mol. The first kappa shape index (κ1) is 35.3. The van der Waals surface area contributed by atoms with Gasteiger partial charge in [-0.1, -0.05) is 24.3 Å². The summed E-state index contributed by atoms with van der Waals surface area (Å²) in [5.41, 5.74) is 14.0. The lowest BCUT2D eigenvalue weighted by atomic mass is 10.1. The highest BCUT2D eigenvalue weighted by Crippen LogP contribution is 2.29. The molecule has 0 aliphatic rings. The van der Waals surface area contributed by atoms with Gasteiger partial charge >= 0.3 is 6.03 Å². The highest BCUT2D eigenvalue weighted by molar-refractivity contribution is 5.88. The maximum Gasteiger partial charge on any atom is 0.320 e. The van der Waals surface area contributed by atoms with Crippen LogP contribution in [0.1, 0.15) is 0 Å². The normalized spacial score (nSPS) is 10.2. The first-order chi connectivity index (χ1) is 21.2. The Labute approximate surface area is 259 Å². The van der Waals surface area contributed by atoms with Crippen molar-refractivity contribution in [3.05, 3.63) is 73.3 Å². The van der Waals surface area contributed by atoms with Crippen LogP contribution in [0.3, 0.4) is 0 Å². The predicted molar refractivity (Wildman–Crippen MR) is 176 cm³/mol. The predicted octanol–water partition coefficient (Wildman–Crippen LogP) is 3.08. The molecule has 6 N–H and O–H groups in total. The summed E-state index contributed by atoms with van der Waals surface area (Å²) in [6.07, 6.45) is 2.86. The molecule has 2 aromatic heterocycles. The molecule has 2 amide bonds. The van der Waals surface area contributed by atoms with Gasteiger partial charge in [-0.2, -0.15) is 0 Å². The first-order valence-electron chi connectivity index (χ1n) is 13.9. The number of methoxy groups -OCH3 is 2. The first-order valence-corrected chi connectivity index (χ1v) is 13.9. The van der Waals surface area contributed by atoms with Crippen LogP contribution in [0.15, 0.2) is 73.3 Å². The third-order valence-corrected chi connectivity index (χ3v) is 5.78. The number of benzene rings is 2. The molecule has 2 aromatic carbocycles. The van der Waals surface area contributed by atoms with Gasteiger partial charge in [-0.3, -0.25) is 5.32 Å². The zero-order valence-electron chi connectivity index (χ0n) is 26.3. The number of amides is 2. The van der Waals surface area contributed by atoms with Crippen molar-refractivity contribution in [1.29, 1.82) is 0 Å². The second kappa shape index (κ2) is 19.4. The molecule has 2 heterocycles. The standard InChI is InChI=1S/C16H21N5O2.C11H11N3O.C4H12N2/c1-21(2)9-8-17-16(22)20-15-10-13(18-11-19-15)12-6-4-5-7-14(12)23-3;1-15-10-5-3-2-4-8(10)9-6-11(12)14-7-13-9;1-6(2)4-3-5/h4-7,10-11H,8-9H2,1-3H3,(H2,17,18,19,20,22);2-7H,1H3,(H2,12,13,14);3-5H2,1-2H3. The van der Waals surface area contributed by atoms with Crippen molar-refractivity contribution in [1.82, 2.24) is 35.1 Å². The number of carbonyl (C=O) groups is 1. The van der Waals surface area contributed by atoms with Crippen molar-refractivity contribution in [2.75, 3.05) is 79.6 Å². The lowest BCUT2D eigenvalue weighted by molar-refractivity contribution is 0.250. The average molecular weight is 605 g/mol. The fourth-order valence-corrected chi connectivity index (χ4v) is 3.62. The van der Waals surface area contributed by atoms with Gasteiger partial charge in [0, 0.05) is 49.4 Å². The van der Waals surface area contributed by atoms with Gasteiger partial charge in [0.05, 0.1) is 25.6 Å². The van der Waals surface area contributed by atoms with Crippen molar-refractivity contribution in [2.45, 2.75) is 0 Å². The molecule has 0 aliphatic carbocycles. The van der Waals surface area contributed by atoms with E-state index in [9.17, 15) is 4.79 Å². The fourth-order valence-electron chi connectivity index (χ4n) is 3.62. The number of ether oxygens (including phenoxy) is 2. The Morgan fingerprint density at radius 3 is 1.77 bits per heavy atom. The molecule has 0 fully saturated rings. The Morgan fingerprint density at radius 1 is 0.773 bits per heavy atom. The number of hydrogen-bond acceptors (Lipinski definition) is 11. The van der Waals surface area contributed by atoms with E-state index in [-0.39, 0.29) is 6.03 Å². The van der Waals surface area contributed by atoms with Crippen LogP contribution >= 0.6 is 0 Å². The van der Waals surface area contributed by atoms with Crippen molar-refractivity contribution >= 4 is 17.7 Å². The maximum atomic E-state index is 11.8. The average Bonchev–Trinajstić information content (AvgIpc) is 3.01. The van der Waals surface area contributed by atoms with E-state index in [0.717, 1.165) is 42.2 Å². The molecule has 13 heteroatoms. The van der Waals surface area contributed by atoms with Gasteiger partial charge in [-0.05, 0) is 52.5 Å². The van der Waals surface area contributed by atoms with Crippen LogP contribution in [0.25, 0.3) is 22.5 Å². The zero-order chi connectivity index (χ0) is 32.3. The molecule has 236 valence electrons. The van der Waals surface area contributed by atoms with E-state index in [0.29, 0.717) is 29.6 Å². The minimum Gasteiger partial charge on any atom is -0.496 e. The number of hydrogen-bond donors (Lipinski definition) is 4. The van der Waals surface area contributed by atoms with E-state index in [1.807, 2.05) is 81.6 Å². The second-order valence-electron chi connectivity index (χ2n) is 9.79. The summed E-state index contributed by atoms with van der Waals surface area (Å²) in [6.45, 7) is 3.07. The highest BCUT2D eigenvalue weighted by Gasteiger charge is 2.09. The smallest absolute Gasteiger partial charge is 0.320 e. The van der Waals surface area contributed by atoms with Crippen molar-refractivity contribution in [2.24, 2.45) is 5.73 Å².